The summed E-state index contributed by atoms with van der Waals surface area (Å²) in [7, 11) is -2.79. The van der Waals surface area contributed by atoms with E-state index < -0.39 is 34.3 Å². The van der Waals surface area contributed by atoms with Crippen molar-refractivity contribution in [2.75, 3.05) is 24.5 Å². The molecule has 0 saturated heterocycles. The number of carbonyl (C=O) groups excluding carboxylic acids is 2. The molecule has 3 aromatic rings. The second-order valence-electron chi connectivity index (χ2n) is 9.21. The smallest absolute Gasteiger partial charge is 0.264 e. The lowest BCUT2D eigenvalue weighted by molar-refractivity contribution is -0.140. The van der Waals surface area contributed by atoms with Gasteiger partial charge in [-0.15, -0.1) is 0 Å². The molecule has 214 valence electrons. The van der Waals surface area contributed by atoms with Crippen LogP contribution in [0.5, 0.6) is 5.75 Å². The van der Waals surface area contributed by atoms with Crippen LogP contribution in [0.15, 0.2) is 83.8 Å². The molecule has 3 aromatic carbocycles. The first-order valence-electron chi connectivity index (χ1n) is 13.2. The Morgan fingerprint density at radius 3 is 2.23 bits per heavy atom. The summed E-state index contributed by atoms with van der Waals surface area (Å²) in [5, 5.41) is 2.88. The Balaban J connectivity index is 2.05. The molecule has 1 N–H and O–H groups in total. The first-order valence-corrected chi connectivity index (χ1v) is 14.7. The number of rotatable bonds is 14. The fraction of sp³-hybridized carbons (Fsp3) is 0.333. The third-order valence-electron chi connectivity index (χ3n) is 6.45. The highest BCUT2D eigenvalue weighted by molar-refractivity contribution is 7.92. The summed E-state index contributed by atoms with van der Waals surface area (Å²) in [6, 6.07) is 19.1. The van der Waals surface area contributed by atoms with Gasteiger partial charge in [-0.05, 0) is 54.8 Å². The topological polar surface area (TPSA) is 96.0 Å². The van der Waals surface area contributed by atoms with E-state index in [-0.39, 0.29) is 28.8 Å². The number of carbonyl (C=O) groups is 2. The summed E-state index contributed by atoms with van der Waals surface area (Å²) in [6.07, 6.45) is 1.97. The predicted octanol–water partition coefficient (Wildman–Crippen LogP) is 4.75. The van der Waals surface area contributed by atoms with Crippen LogP contribution >= 0.6 is 0 Å². The number of amides is 2. The van der Waals surface area contributed by atoms with Gasteiger partial charge >= 0.3 is 0 Å². The van der Waals surface area contributed by atoms with Crippen molar-refractivity contribution in [3.8, 4) is 5.75 Å². The van der Waals surface area contributed by atoms with Crippen molar-refractivity contribution >= 4 is 27.5 Å². The van der Waals surface area contributed by atoms with Gasteiger partial charge in [0.1, 0.15) is 24.2 Å². The molecule has 0 radical (unpaired) electrons. The highest BCUT2D eigenvalue weighted by Gasteiger charge is 2.34. The molecule has 0 aliphatic rings. The van der Waals surface area contributed by atoms with Crippen LogP contribution in [-0.2, 0) is 26.2 Å². The van der Waals surface area contributed by atoms with Crippen molar-refractivity contribution < 1.29 is 27.1 Å². The molecule has 0 spiro atoms. The number of methoxy groups -OCH3 is 1. The molecule has 3 rings (SSSR count). The van der Waals surface area contributed by atoms with E-state index in [9.17, 15) is 22.4 Å². The lowest BCUT2D eigenvalue weighted by atomic mass is 10.1. The largest absolute Gasteiger partial charge is 0.495 e. The Hall–Kier alpha value is -3.92. The molecule has 0 aliphatic heterocycles. The maximum atomic E-state index is 14.0. The van der Waals surface area contributed by atoms with Gasteiger partial charge in [0.15, 0.2) is 0 Å². The van der Waals surface area contributed by atoms with Crippen LogP contribution in [0.1, 0.15) is 38.7 Å². The van der Waals surface area contributed by atoms with Gasteiger partial charge < -0.3 is 15.0 Å². The molecule has 0 saturated carbocycles. The number of hydrogen-bond donors (Lipinski definition) is 1. The van der Waals surface area contributed by atoms with Gasteiger partial charge in [0.25, 0.3) is 10.0 Å². The average Bonchev–Trinajstić information content (AvgIpc) is 2.97. The Kier molecular flexibility index (Phi) is 11.1. The molecule has 10 heteroatoms. The minimum absolute atomic E-state index is 0.00291. The molecule has 0 fully saturated rings. The van der Waals surface area contributed by atoms with E-state index in [2.05, 4.69) is 5.32 Å². The number of nitrogens with zero attached hydrogens (tertiary/aromatic N) is 2. The molecule has 2 amide bonds. The fourth-order valence-electron chi connectivity index (χ4n) is 4.28. The second kappa shape index (κ2) is 14.5. The molecule has 0 aliphatic carbocycles. The summed E-state index contributed by atoms with van der Waals surface area (Å²) in [5.74, 6) is -1.08. The third-order valence-corrected chi connectivity index (χ3v) is 8.22. The number of halogens is 1. The molecular weight excluding hydrogens is 533 g/mol. The van der Waals surface area contributed by atoms with Crippen LogP contribution in [0.2, 0.25) is 0 Å². The lowest BCUT2D eigenvalue weighted by Crippen LogP contribution is -2.52. The number of unbranched alkanes of at least 4 members (excludes halogenated alkanes) is 1. The molecule has 1 atom stereocenters. The zero-order chi connectivity index (χ0) is 29.1. The van der Waals surface area contributed by atoms with Crippen molar-refractivity contribution in [3.05, 3.63) is 90.2 Å². The van der Waals surface area contributed by atoms with Crippen LogP contribution in [0.25, 0.3) is 0 Å². The zero-order valence-corrected chi connectivity index (χ0v) is 23.9. The molecule has 8 nitrogen and oxygen atoms in total. The second-order valence-corrected chi connectivity index (χ2v) is 11.1. The number of nitrogens with one attached hydrogen (secondary N) is 1. The van der Waals surface area contributed by atoms with E-state index in [1.54, 1.807) is 49.4 Å². The SMILES string of the molecule is CCCCNC(=O)C(CC)N(Cc1ccc(F)cc1)C(=O)CN(c1ccccc1OC)S(=O)(=O)c1ccccc1. The van der Waals surface area contributed by atoms with Crippen LogP contribution in [-0.4, -0.2) is 51.4 Å². The van der Waals surface area contributed by atoms with Gasteiger partial charge in [-0.25, -0.2) is 12.8 Å². The summed E-state index contributed by atoms with van der Waals surface area (Å²) in [6.45, 7) is 3.66. The van der Waals surface area contributed by atoms with Gasteiger partial charge in [0, 0.05) is 13.1 Å². The van der Waals surface area contributed by atoms with Gasteiger partial charge in [0.2, 0.25) is 11.8 Å². The maximum absolute atomic E-state index is 14.0. The number of anilines is 1. The van der Waals surface area contributed by atoms with E-state index in [1.807, 2.05) is 6.92 Å². The third kappa shape index (κ3) is 7.59. The van der Waals surface area contributed by atoms with Crippen molar-refractivity contribution in [2.45, 2.75) is 50.6 Å². The molecule has 1 unspecified atom stereocenters. The van der Waals surface area contributed by atoms with Crippen molar-refractivity contribution in [2.24, 2.45) is 0 Å². The summed E-state index contributed by atoms with van der Waals surface area (Å²) in [4.78, 5) is 28.6. The van der Waals surface area contributed by atoms with Gasteiger partial charge in [-0.1, -0.05) is 62.7 Å². The first-order chi connectivity index (χ1) is 19.2. The predicted molar refractivity (Wildman–Crippen MR) is 153 cm³/mol. The number of sulfonamides is 1. The highest BCUT2D eigenvalue weighted by atomic mass is 32.2. The van der Waals surface area contributed by atoms with E-state index in [4.69, 9.17) is 4.74 Å². The molecule has 0 bridgehead atoms. The van der Waals surface area contributed by atoms with E-state index in [0.717, 1.165) is 17.1 Å². The quantitative estimate of drug-likeness (QED) is 0.283. The normalized spacial score (nSPS) is 11.9. The van der Waals surface area contributed by atoms with Gasteiger partial charge in [-0.2, -0.15) is 0 Å². The fourth-order valence-corrected chi connectivity index (χ4v) is 5.73. The van der Waals surface area contributed by atoms with Gasteiger partial charge in [-0.3, -0.25) is 13.9 Å². The lowest BCUT2D eigenvalue weighted by Gasteiger charge is -2.33. The number of para-hydroxylation sites is 2. The first kappa shape index (κ1) is 30.6. The number of hydrogen-bond acceptors (Lipinski definition) is 5. The van der Waals surface area contributed by atoms with Crippen LogP contribution in [0.3, 0.4) is 0 Å². The average molecular weight is 570 g/mol. The Labute approximate surface area is 235 Å². The summed E-state index contributed by atoms with van der Waals surface area (Å²) < 4.78 is 47.8. The van der Waals surface area contributed by atoms with E-state index in [1.165, 1.54) is 48.4 Å². The maximum Gasteiger partial charge on any atom is 0.264 e. The number of ether oxygens (including phenoxy) is 1. The Bertz CT molecular complexity index is 1370. The van der Waals surface area contributed by atoms with E-state index >= 15 is 0 Å². The van der Waals surface area contributed by atoms with Crippen molar-refractivity contribution in [3.63, 3.8) is 0 Å². The highest BCUT2D eigenvalue weighted by Crippen LogP contribution is 2.32. The molecule has 0 heterocycles. The summed E-state index contributed by atoms with van der Waals surface area (Å²) in [5.41, 5.74) is 0.786. The van der Waals surface area contributed by atoms with E-state index in [0.29, 0.717) is 18.5 Å². The van der Waals surface area contributed by atoms with Crippen LogP contribution in [0, 0.1) is 5.82 Å². The zero-order valence-electron chi connectivity index (χ0n) is 23.0. The Morgan fingerprint density at radius 2 is 1.60 bits per heavy atom. The minimum Gasteiger partial charge on any atom is -0.495 e. The molecule has 40 heavy (non-hydrogen) atoms. The summed E-state index contributed by atoms with van der Waals surface area (Å²) >= 11 is 0. The van der Waals surface area contributed by atoms with Crippen molar-refractivity contribution in [1.29, 1.82) is 0 Å². The monoisotopic (exact) mass is 569 g/mol. The van der Waals surface area contributed by atoms with Crippen LogP contribution in [0.4, 0.5) is 10.1 Å². The molecular formula is C30H36FN3O5S. The van der Waals surface area contributed by atoms with Gasteiger partial charge in [0.05, 0.1) is 17.7 Å². The molecule has 0 aromatic heterocycles. The Morgan fingerprint density at radius 1 is 0.950 bits per heavy atom. The number of benzene rings is 3. The van der Waals surface area contributed by atoms with Crippen LogP contribution < -0.4 is 14.4 Å². The van der Waals surface area contributed by atoms with Crippen molar-refractivity contribution in [1.82, 2.24) is 10.2 Å². The standard InChI is InChI=1S/C30H36FN3O5S/c1-4-6-20-32-30(36)26(5-2)33(21-23-16-18-24(31)19-17-23)29(35)22-34(27-14-10-11-15-28(27)39-3)40(37,38)25-12-8-7-9-13-25/h7-19,26H,4-6,20-22H2,1-3H3,(H,32,36). The minimum atomic E-state index is -4.21.